The first-order valence-electron chi connectivity index (χ1n) is 5.80. The van der Waals surface area contributed by atoms with Crippen LogP contribution in [0.15, 0.2) is 58.8 Å². The van der Waals surface area contributed by atoms with Crippen LogP contribution in [0.3, 0.4) is 0 Å². The highest BCUT2D eigenvalue weighted by Gasteiger charge is 2.12. The van der Waals surface area contributed by atoms with Crippen LogP contribution in [0.1, 0.15) is 16.1 Å². The summed E-state index contributed by atoms with van der Waals surface area (Å²) < 4.78 is 5.17. The van der Waals surface area contributed by atoms with Gasteiger partial charge in [0.1, 0.15) is 10.8 Å². The van der Waals surface area contributed by atoms with Crippen LogP contribution >= 0.6 is 11.8 Å². The summed E-state index contributed by atoms with van der Waals surface area (Å²) in [6.07, 6.45) is 5.04. The van der Waals surface area contributed by atoms with Crippen molar-refractivity contribution in [3.8, 4) is 0 Å². The van der Waals surface area contributed by atoms with E-state index >= 15 is 0 Å². The fraction of sp³-hybridized carbons (Fsp3) is 0.143. The van der Waals surface area contributed by atoms with E-state index in [1.54, 1.807) is 36.7 Å². The zero-order chi connectivity index (χ0) is 13.5. The van der Waals surface area contributed by atoms with Gasteiger partial charge >= 0.3 is 0 Å². The van der Waals surface area contributed by atoms with Crippen molar-refractivity contribution in [1.82, 2.24) is 10.3 Å². The minimum absolute atomic E-state index is 0.156. The van der Waals surface area contributed by atoms with E-state index in [9.17, 15) is 4.79 Å². The molecule has 0 aliphatic carbocycles. The number of thioether (sulfide) groups is 1. The van der Waals surface area contributed by atoms with Crippen molar-refractivity contribution in [2.45, 2.75) is 11.6 Å². The molecule has 5 heteroatoms. The molecule has 0 spiro atoms. The van der Waals surface area contributed by atoms with Crippen molar-refractivity contribution in [2.24, 2.45) is 0 Å². The van der Waals surface area contributed by atoms with Crippen LogP contribution in [0.4, 0.5) is 0 Å². The zero-order valence-electron chi connectivity index (χ0n) is 10.3. The normalized spacial score (nSPS) is 10.1. The average Bonchev–Trinajstić information content (AvgIpc) is 2.96. The molecular weight excluding hydrogens is 260 g/mol. The van der Waals surface area contributed by atoms with Gasteiger partial charge in [-0.05, 0) is 24.3 Å². The van der Waals surface area contributed by atoms with Crippen LogP contribution in [0, 0.1) is 0 Å². The lowest BCUT2D eigenvalue weighted by Crippen LogP contribution is -2.23. The first-order chi connectivity index (χ1) is 9.31. The van der Waals surface area contributed by atoms with Gasteiger partial charge in [0.15, 0.2) is 0 Å². The Morgan fingerprint density at radius 3 is 3.11 bits per heavy atom. The molecule has 1 amide bonds. The van der Waals surface area contributed by atoms with E-state index in [4.69, 9.17) is 4.42 Å². The second-order valence-corrected chi connectivity index (χ2v) is 4.73. The van der Waals surface area contributed by atoms with Crippen molar-refractivity contribution in [2.75, 3.05) is 5.75 Å². The molecule has 2 heterocycles. The molecule has 0 unspecified atom stereocenters. The number of nitrogens with zero attached hydrogens (tertiary/aromatic N) is 1. The van der Waals surface area contributed by atoms with E-state index in [1.807, 2.05) is 6.07 Å². The first kappa shape index (κ1) is 13.4. The number of hydrogen-bond donors (Lipinski definition) is 1. The average molecular weight is 274 g/mol. The molecule has 0 aromatic carbocycles. The molecule has 4 nitrogen and oxygen atoms in total. The van der Waals surface area contributed by atoms with E-state index in [-0.39, 0.29) is 5.91 Å². The minimum Gasteiger partial charge on any atom is -0.467 e. The zero-order valence-corrected chi connectivity index (χ0v) is 11.2. The molecule has 0 radical (unpaired) electrons. The third-order valence-electron chi connectivity index (χ3n) is 2.36. The molecule has 1 N–H and O–H groups in total. The van der Waals surface area contributed by atoms with E-state index < -0.39 is 0 Å². The van der Waals surface area contributed by atoms with E-state index in [0.717, 1.165) is 11.5 Å². The maximum absolute atomic E-state index is 12.1. The number of hydrogen-bond acceptors (Lipinski definition) is 4. The Hall–Kier alpha value is -2.01. The Morgan fingerprint density at radius 1 is 1.47 bits per heavy atom. The third-order valence-corrected chi connectivity index (χ3v) is 3.36. The Labute approximate surface area is 115 Å². The smallest absolute Gasteiger partial charge is 0.254 e. The number of carbonyl (C=O) groups excluding carboxylic acids is 1. The van der Waals surface area contributed by atoms with Crippen molar-refractivity contribution in [1.29, 1.82) is 0 Å². The van der Waals surface area contributed by atoms with Gasteiger partial charge in [-0.3, -0.25) is 4.79 Å². The standard InChI is InChI=1S/C14H14N2O2S/c1-2-9-19-14-12(6-3-7-15-14)13(17)16-10-11-5-4-8-18-11/h2-8H,1,9-10H2,(H,16,17). The number of aromatic nitrogens is 1. The summed E-state index contributed by atoms with van der Waals surface area (Å²) in [6.45, 7) is 4.03. The molecule has 0 aliphatic heterocycles. The van der Waals surface area contributed by atoms with Crippen LogP contribution in [-0.2, 0) is 6.54 Å². The topological polar surface area (TPSA) is 55.1 Å². The maximum Gasteiger partial charge on any atom is 0.254 e. The molecule has 98 valence electrons. The molecule has 0 aliphatic rings. The van der Waals surface area contributed by atoms with Gasteiger partial charge < -0.3 is 9.73 Å². The Morgan fingerprint density at radius 2 is 2.37 bits per heavy atom. The molecule has 2 aromatic rings. The van der Waals surface area contributed by atoms with Gasteiger partial charge in [-0.25, -0.2) is 4.98 Å². The number of amides is 1. The maximum atomic E-state index is 12.1. The monoisotopic (exact) mass is 274 g/mol. The van der Waals surface area contributed by atoms with Gasteiger partial charge in [0.05, 0.1) is 18.4 Å². The molecule has 0 fully saturated rings. The van der Waals surface area contributed by atoms with Crippen LogP contribution in [0.2, 0.25) is 0 Å². The van der Waals surface area contributed by atoms with Gasteiger partial charge in [-0.15, -0.1) is 18.3 Å². The van der Waals surface area contributed by atoms with Crippen LogP contribution in [0.5, 0.6) is 0 Å². The van der Waals surface area contributed by atoms with Crippen LogP contribution < -0.4 is 5.32 Å². The predicted molar refractivity (Wildman–Crippen MR) is 75.0 cm³/mol. The summed E-state index contributed by atoms with van der Waals surface area (Å²) in [5.74, 6) is 1.28. The number of furan rings is 1. The quantitative estimate of drug-likeness (QED) is 0.650. The second-order valence-electron chi connectivity index (χ2n) is 3.72. The molecule has 19 heavy (non-hydrogen) atoms. The largest absolute Gasteiger partial charge is 0.467 e. The Bertz CT molecular complexity index is 552. The SMILES string of the molecule is C=CCSc1ncccc1C(=O)NCc1ccco1. The first-order valence-corrected chi connectivity index (χ1v) is 6.79. The number of pyridine rings is 1. The molecule has 2 aromatic heterocycles. The van der Waals surface area contributed by atoms with Crippen molar-refractivity contribution in [3.05, 3.63) is 60.7 Å². The molecule has 2 rings (SSSR count). The summed E-state index contributed by atoms with van der Waals surface area (Å²) >= 11 is 1.49. The van der Waals surface area contributed by atoms with Crippen LogP contribution in [0.25, 0.3) is 0 Å². The summed E-state index contributed by atoms with van der Waals surface area (Å²) in [6, 6.07) is 7.11. The van der Waals surface area contributed by atoms with Gasteiger partial charge in [0.25, 0.3) is 5.91 Å². The third kappa shape index (κ3) is 3.72. The molecule has 0 bridgehead atoms. The predicted octanol–water partition coefficient (Wildman–Crippen LogP) is 2.88. The highest BCUT2D eigenvalue weighted by atomic mass is 32.2. The summed E-state index contributed by atoms with van der Waals surface area (Å²) in [4.78, 5) is 16.3. The Balaban J connectivity index is 2.03. The fourth-order valence-electron chi connectivity index (χ4n) is 1.49. The molecule has 0 atom stereocenters. The number of nitrogens with one attached hydrogen (secondary N) is 1. The highest BCUT2D eigenvalue weighted by Crippen LogP contribution is 2.19. The molecule has 0 saturated carbocycles. The second kappa shape index (κ2) is 6.80. The van der Waals surface area contributed by atoms with Crippen molar-refractivity contribution >= 4 is 17.7 Å². The number of rotatable bonds is 6. The summed E-state index contributed by atoms with van der Waals surface area (Å²) in [7, 11) is 0. The molecular formula is C14H14N2O2S. The Kier molecular flexibility index (Phi) is 4.80. The lowest BCUT2D eigenvalue weighted by atomic mass is 10.2. The molecule has 0 saturated heterocycles. The lowest BCUT2D eigenvalue weighted by molar-refractivity contribution is 0.0944. The fourth-order valence-corrected chi connectivity index (χ4v) is 2.22. The highest BCUT2D eigenvalue weighted by molar-refractivity contribution is 7.99. The number of carbonyl (C=O) groups is 1. The lowest BCUT2D eigenvalue weighted by Gasteiger charge is -2.07. The van der Waals surface area contributed by atoms with Crippen molar-refractivity contribution in [3.63, 3.8) is 0 Å². The van der Waals surface area contributed by atoms with Crippen LogP contribution in [-0.4, -0.2) is 16.6 Å². The van der Waals surface area contributed by atoms with Gasteiger partial charge in [-0.1, -0.05) is 6.08 Å². The van der Waals surface area contributed by atoms with E-state index in [2.05, 4.69) is 16.9 Å². The van der Waals surface area contributed by atoms with Crippen molar-refractivity contribution < 1.29 is 9.21 Å². The van der Waals surface area contributed by atoms with E-state index in [1.165, 1.54) is 11.8 Å². The summed E-state index contributed by atoms with van der Waals surface area (Å²) in [5.41, 5.74) is 0.570. The van der Waals surface area contributed by atoms with Gasteiger partial charge in [-0.2, -0.15) is 0 Å². The van der Waals surface area contributed by atoms with Gasteiger partial charge in [0.2, 0.25) is 0 Å². The van der Waals surface area contributed by atoms with Gasteiger partial charge in [0, 0.05) is 11.9 Å². The minimum atomic E-state index is -0.156. The summed E-state index contributed by atoms with van der Waals surface area (Å²) in [5, 5.41) is 3.51. The van der Waals surface area contributed by atoms with E-state index in [0.29, 0.717) is 17.1 Å².